The average molecular weight is 268 g/mol. The SMILES string of the molecule is C=C(NO)c1cnc(NC2(c3ccccc3)CC2)nc1. The molecular formula is C15H16N4O. The van der Waals surface area contributed by atoms with Crippen LogP contribution in [0.2, 0.25) is 0 Å². The Morgan fingerprint density at radius 2 is 1.80 bits per heavy atom. The summed E-state index contributed by atoms with van der Waals surface area (Å²) in [4.78, 5) is 8.53. The molecule has 3 rings (SSSR count). The Labute approximate surface area is 117 Å². The fourth-order valence-corrected chi connectivity index (χ4v) is 2.20. The molecule has 5 nitrogen and oxygen atoms in total. The summed E-state index contributed by atoms with van der Waals surface area (Å²) in [5.74, 6) is 0.584. The Hall–Kier alpha value is -2.40. The van der Waals surface area contributed by atoms with Crippen molar-refractivity contribution in [3.63, 3.8) is 0 Å². The Kier molecular flexibility index (Phi) is 3.12. The van der Waals surface area contributed by atoms with Crippen LogP contribution in [0.25, 0.3) is 5.70 Å². The number of hydroxylamine groups is 1. The van der Waals surface area contributed by atoms with Crippen LogP contribution in [0.3, 0.4) is 0 Å². The Morgan fingerprint density at radius 3 is 2.35 bits per heavy atom. The van der Waals surface area contributed by atoms with Gasteiger partial charge in [-0.3, -0.25) is 10.7 Å². The van der Waals surface area contributed by atoms with E-state index >= 15 is 0 Å². The molecule has 1 aliphatic rings. The molecule has 0 aliphatic heterocycles. The molecular weight excluding hydrogens is 252 g/mol. The molecule has 20 heavy (non-hydrogen) atoms. The molecule has 5 heteroatoms. The molecule has 0 spiro atoms. The smallest absolute Gasteiger partial charge is 0.223 e. The zero-order valence-corrected chi connectivity index (χ0v) is 11.0. The highest BCUT2D eigenvalue weighted by Crippen LogP contribution is 2.47. The summed E-state index contributed by atoms with van der Waals surface area (Å²) in [5.41, 5.74) is 4.25. The molecule has 0 amide bonds. The van der Waals surface area contributed by atoms with E-state index in [9.17, 15) is 0 Å². The van der Waals surface area contributed by atoms with E-state index in [1.165, 1.54) is 5.56 Å². The van der Waals surface area contributed by atoms with Crippen molar-refractivity contribution in [2.24, 2.45) is 0 Å². The molecule has 1 aromatic heterocycles. The third kappa shape index (κ3) is 2.35. The van der Waals surface area contributed by atoms with Gasteiger partial charge in [0.15, 0.2) is 0 Å². The lowest BCUT2D eigenvalue weighted by Crippen LogP contribution is -2.20. The van der Waals surface area contributed by atoms with Crippen LogP contribution in [0.4, 0.5) is 5.95 Å². The first-order valence-electron chi connectivity index (χ1n) is 6.49. The second-order valence-electron chi connectivity index (χ2n) is 4.96. The number of nitrogens with one attached hydrogen (secondary N) is 2. The number of anilines is 1. The number of rotatable bonds is 5. The van der Waals surface area contributed by atoms with Crippen LogP contribution in [0, 0.1) is 0 Å². The fraction of sp³-hybridized carbons (Fsp3) is 0.200. The summed E-state index contributed by atoms with van der Waals surface area (Å²) < 4.78 is 0. The molecule has 2 aromatic rings. The predicted molar refractivity (Wildman–Crippen MR) is 77.0 cm³/mol. The standard InChI is InChI=1S/C15H16N4O/c1-11(19-20)12-9-16-14(17-10-12)18-15(7-8-15)13-5-3-2-4-6-13/h2-6,9-10,19-20H,1,7-8H2,(H,16,17,18). The largest absolute Gasteiger partial charge is 0.345 e. The molecule has 1 saturated carbocycles. The van der Waals surface area contributed by atoms with E-state index in [0.717, 1.165) is 12.8 Å². The first-order valence-corrected chi connectivity index (χ1v) is 6.49. The van der Waals surface area contributed by atoms with Crippen molar-refractivity contribution in [3.05, 3.63) is 60.4 Å². The van der Waals surface area contributed by atoms with Gasteiger partial charge in [-0.05, 0) is 18.4 Å². The van der Waals surface area contributed by atoms with Crippen molar-refractivity contribution in [1.82, 2.24) is 15.4 Å². The van der Waals surface area contributed by atoms with Crippen molar-refractivity contribution in [3.8, 4) is 0 Å². The fourth-order valence-electron chi connectivity index (χ4n) is 2.20. The molecule has 1 heterocycles. The quantitative estimate of drug-likeness (QED) is 0.727. The van der Waals surface area contributed by atoms with Crippen LogP contribution >= 0.6 is 0 Å². The van der Waals surface area contributed by atoms with Gasteiger partial charge < -0.3 is 5.32 Å². The lowest BCUT2D eigenvalue weighted by molar-refractivity contribution is 0.225. The normalized spacial score (nSPS) is 15.4. The van der Waals surface area contributed by atoms with E-state index in [1.54, 1.807) is 12.4 Å². The van der Waals surface area contributed by atoms with Crippen molar-refractivity contribution in [2.45, 2.75) is 18.4 Å². The molecule has 102 valence electrons. The zero-order chi connectivity index (χ0) is 14.0. The molecule has 0 bridgehead atoms. The third-order valence-corrected chi connectivity index (χ3v) is 3.56. The number of nitrogens with zero attached hydrogens (tertiary/aromatic N) is 2. The van der Waals surface area contributed by atoms with Gasteiger partial charge in [0, 0.05) is 18.0 Å². The van der Waals surface area contributed by atoms with E-state index in [0.29, 0.717) is 17.2 Å². The summed E-state index contributed by atoms with van der Waals surface area (Å²) in [6.45, 7) is 3.65. The highest BCUT2D eigenvalue weighted by atomic mass is 16.5. The van der Waals surface area contributed by atoms with Crippen LogP contribution in [0.15, 0.2) is 49.3 Å². The van der Waals surface area contributed by atoms with Gasteiger partial charge in [-0.1, -0.05) is 36.9 Å². The van der Waals surface area contributed by atoms with Gasteiger partial charge in [-0.2, -0.15) is 0 Å². The Morgan fingerprint density at radius 1 is 1.15 bits per heavy atom. The summed E-state index contributed by atoms with van der Waals surface area (Å²) in [6, 6.07) is 10.3. The van der Waals surface area contributed by atoms with Crippen LogP contribution in [0.1, 0.15) is 24.0 Å². The van der Waals surface area contributed by atoms with E-state index in [1.807, 2.05) is 23.7 Å². The van der Waals surface area contributed by atoms with Crippen LogP contribution in [-0.2, 0) is 5.54 Å². The minimum Gasteiger partial charge on any atom is -0.345 e. The average Bonchev–Trinajstić information content (AvgIpc) is 3.29. The van der Waals surface area contributed by atoms with Crippen molar-refractivity contribution < 1.29 is 5.21 Å². The van der Waals surface area contributed by atoms with Gasteiger partial charge in [0.05, 0.1) is 11.2 Å². The van der Waals surface area contributed by atoms with Gasteiger partial charge in [0.25, 0.3) is 0 Å². The summed E-state index contributed by atoms with van der Waals surface area (Å²) in [6.07, 6.45) is 5.41. The van der Waals surface area contributed by atoms with Gasteiger partial charge in [-0.15, -0.1) is 0 Å². The summed E-state index contributed by atoms with van der Waals surface area (Å²) in [5, 5.41) is 12.2. The maximum absolute atomic E-state index is 8.78. The second kappa shape index (κ2) is 4.94. The zero-order valence-electron chi connectivity index (χ0n) is 11.0. The minimum absolute atomic E-state index is 0.0327. The minimum atomic E-state index is -0.0327. The number of benzene rings is 1. The van der Waals surface area contributed by atoms with E-state index in [4.69, 9.17) is 5.21 Å². The van der Waals surface area contributed by atoms with E-state index < -0.39 is 0 Å². The van der Waals surface area contributed by atoms with Crippen LogP contribution in [-0.4, -0.2) is 15.2 Å². The van der Waals surface area contributed by atoms with Gasteiger partial charge >= 0.3 is 0 Å². The van der Waals surface area contributed by atoms with E-state index in [-0.39, 0.29) is 5.54 Å². The summed E-state index contributed by atoms with van der Waals surface area (Å²) in [7, 11) is 0. The molecule has 1 aliphatic carbocycles. The molecule has 1 fully saturated rings. The lowest BCUT2D eigenvalue weighted by Gasteiger charge is -2.17. The first-order chi connectivity index (χ1) is 9.73. The number of aromatic nitrogens is 2. The van der Waals surface area contributed by atoms with Crippen LogP contribution < -0.4 is 10.8 Å². The predicted octanol–water partition coefficient (Wildman–Crippen LogP) is 2.53. The molecule has 0 atom stereocenters. The van der Waals surface area contributed by atoms with E-state index in [2.05, 4.69) is 34.0 Å². The highest BCUT2D eigenvalue weighted by Gasteiger charge is 2.44. The summed E-state index contributed by atoms with van der Waals surface area (Å²) >= 11 is 0. The molecule has 0 radical (unpaired) electrons. The lowest BCUT2D eigenvalue weighted by atomic mass is 10.1. The number of hydrogen-bond acceptors (Lipinski definition) is 5. The highest BCUT2D eigenvalue weighted by molar-refractivity contribution is 5.59. The van der Waals surface area contributed by atoms with Crippen LogP contribution in [0.5, 0.6) is 0 Å². The van der Waals surface area contributed by atoms with Gasteiger partial charge in [-0.25, -0.2) is 9.97 Å². The molecule has 0 saturated heterocycles. The maximum atomic E-state index is 8.78. The molecule has 0 unspecified atom stereocenters. The topological polar surface area (TPSA) is 70.1 Å². The maximum Gasteiger partial charge on any atom is 0.223 e. The van der Waals surface area contributed by atoms with Gasteiger partial charge in [0.2, 0.25) is 5.95 Å². The van der Waals surface area contributed by atoms with Crippen molar-refractivity contribution in [1.29, 1.82) is 0 Å². The Bertz CT molecular complexity index is 606. The second-order valence-corrected chi connectivity index (χ2v) is 4.96. The number of hydrogen-bond donors (Lipinski definition) is 3. The Balaban J connectivity index is 1.77. The van der Waals surface area contributed by atoms with Crippen molar-refractivity contribution in [2.75, 3.05) is 5.32 Å². The molecule has 1 aromatic carbocycles. The van der Waals surface area contributed by atoms with Gasteiger partial charge in [0.1, 0.15) is 0 Å². The van der Waals surface area contributed by atoms with Crippen molar-refractivity contribution >= 4 is 11.6 Å². The molecule has 3 N–H and O–H groups in total. The third-order valence-electron chi connectivity index (χ3n) is 3.56. The first kappa shape index (κ1) is 12.6. The monoisotopic (exact) mass is 268 g/mol.